The van der Waals surface area contributed by atoms with Crippen molar-refractivity contribution < 1.29 is 0 Å². The zero-order valence-electron chi connectivity index (χ0n) is 10.5. The molecule has 0 aliphatic heterocycles. The van der Waals surface area contributed by atoms with E-state index in [9.17, 15) is 0 Å². The highest BCUT2D eigenvalue weighted by molar-refractivity contribution is 9.10. The summed E-state index contributed by atoms with van der Waals surface area (Å²) in [7, 11) is 0. The van der Waals surface area contributed by atoms with Crippen LogP contribution in [-0.4, -0.2) is 4.98 Å². The smallest absolute Gasteiger partial charge is 0.140 e. The first-order valence-corrected chi connectivity index (χ1v) is 6.58. The third-order valence-electron chi connectivity index (χ3n) is 3.01. The normalized spacial score (nSPS) is 10.4. The molecule has 0 aliphatic rings. The molecule has 0 amide bonds. The molecule has 4 heteroatoms. The highest BCUT2D eigenvalue weighted by Crippen LogP contribution is 2.28. The van der Waals surface area contributed by atoms with Crippen molar-refractivity contribution in [2.75, 3.05) is 11.1 Å². The molecular formula is C14H16BrN3. The fourth-order valence-electron chi connectivity index (χ4n) is 1.70. The van der Waals surface area contributed by atoms with Crippen LogP contribution in [0, 0.1) is 13.8 Å². The zero-order valence-corrected chi connectivity index (χ0v) is 12.1. The highest BCUT2D eigenvalue weighted by atomic mass is 79.9. The Labute approximate surface area is 116 Å². The Morgan fingerprint density at radius 1 is 1.28 bits per heavy atom. The number of hydrogen-bond acceptors (Lipinski definition) is 3. The number of aromatic nitrogens is 1. The van der Waals surface area contributed by atoms with Crippen LogP contribution in [-0.2, 0) is 6.54 Å². The quantitative estimate of drug-likeness (QED) is 0.910. The fraction of sp³-hybridized carbons (Fsp3) is 0.214. The monoisotopic (exact) mass is 305 g/mol. The number of pyridine rings is 1. The molecule has 94 valence electrons. The maximum Gasteiger partial charge on any atom is 0.140 e. The lowest BCUT2D eigenvalue weighted by Gasteiger charge is -2.12. The molecule has 0 radical (unpaired) electrons. The molecule has 0 spiro atoms. The van der Waals surface area contributed by atoms with Gasteiger partial charge >= 0.3 is 0 Å². The Morgan fingerprint density at radius 2 is 2.00 bits per heavy atom. The van der Waals surface area contributed by atoms with Crippen LogP contribution in [0.15, 0.2) is 34.9 Å². The van der Waals surface area contributed by atoms with Crippen molar-refractivity contribution in [2.24, 2.45) is 0 Å². The molecule has 2 aromatic rings. The van der Waals surface area contributed by atoms with Crippen molar-refractivity contribution in [3.8, 4) is 0 Å². The Hall–Kier alpha value is -1.55. The summed E-state index contributed by atoms with van der Waals surface area (Å²) >= 11 is 3.52. The summed E-state index contributed by atoms with van der Waals surface area (Å²) in [5.74, 6) is 0.824. The zero-order chi connectivity index (χ0) is 13.1. The largest absolute Gasteiger partial charge is 0.397 e. The van der Waals surface area contributed by atoms with Crippen LogP contribution in [0.1, 0.15) is 16.7 Å². The lowest BCUT2D eigenvalue weighted by atomic mass is 10.1. The fourth-order valence-corrected chi connectivity index (χ4v) is 2.17. The van der Waals surface area contributed by atoms with E-state index < -0.39 is 0 Å². The van der Waals surface area contributed by atoms with Crippen molar-refractivity contribution in [2.45, 2.75) is 20.4 Å². The first-order valence-electron chi connectivity index (χ1n) is 5.78. The summed E-state index contributed by atoms with van der Waals surface area (Å²) in [6.45, 7) is 4.83. The number of nitrogen functional groups attached to an aromatic ring is 1. The molecule has 0 fully saturated rings. The van der Waals surface area contributed by atoms with Gasteiger partial charge in [-0.25, -0.2) is 4.98 Å². The number of nitrogens with two attached hydrogens (primary N) is 1. The van der Waals surface area contributed by atoms with Crippen molar-refractivity contribution in [1.29, 1.82) is 0 Å². The third kappa shape index (κ3) is 2.64. The Kier molecular flexibility index (Phi) is 3.87. The first kappa shape index (κ1) is 12.9. The first-order chi connectivity index (χ1) is 8.59. The topological polar surface area (TPSA) is 50.9 Å². The summed E-state index contributed by atoms with van der Waals surface area (Å²) in [5.41, 5.74) is 10.0. The number of nitrogens with zero attached hydrogens (tertiary/aromatic N) is 1. The lowest BCUT2D eigenvalue weighted by Crippen LogP contribution is -2.05. The van der Waals surface area contributed by atoms with Crippen molar-refractivity contribution >= 4 is 27.4 Å². The van der Waals surface area contributed by atoms with E-state index in [0.717, 1.165) is 22.4 Å². The van der Waals surface area contributed by atoms with Crippen molar-refractivity contribution in [1.82, 2.24) is 4.98 Å². The Balaban J connectivity index is 2.17. The average molecular weight is 306 g/mol. The lowest BCUT2D eigenvalue weighted by molar-refractivity contribution is 1.08. The van der Waals surface area contributed by atoms with Crippen molar-refractivity contribution in [3.63, 3.8) is 0 Å². The molecule has 0 bridgehead atoms. The van der Waals surface area contributed by atoms with Crippen LogP contribution >= 0.6 is 15.9 Å². The molecular weight excluding hydrogens is 290 g/mol. The minimum Gasteiger partial charge on any atom is -0.397 e. The van der Waals surface area contributed by atoms with E-state index in [4.69, 9.17) is 5.73 Å². The van der Waals surface area contributed by atoms with Crippen LogP contribution in [0.4, 0.5) is 11.5 Å². The molecule has 0 atom stereocenters. The number of anilines is 2. The number of benzene rings is 1. The third-order valence-corrected chi connectivity index (χ3v) is 3.98. The van der Waals surface area contributed by atoms with Crippen LogP contribution in [0.5, 0.6) is 0 Å². The van der Waals surface area contributed by atoms with E-state index in [0.29, 0.717) is 5.69 Å². The predicted molar refractivity (Wildman–Crippen MR) is 79.6 cm³/mol. The van der Waals surface area contributed by atoms with Gasteiger partial charge in [0.15, 0.2) is 0 Å². The van der Waals surface area contributed by atoms with Gasteiger partial charge in [0.1, 0.15) is 5.82 Å². The molecule has 2 rings (SSSR count). The van der Waals surface area contributed by atoms with Crippen LogP contribution < -0.4 is 11.1 Å². The van der Waals surface area contributed by atoms with E-state index in [-0.39, 0.29) is 0 Å². The molecule has 1 aromatic carbocycles. The van der Waals surface area contributed by atoms with Crippen LogP contribution in [0.25, 0.3) is 0 Å². The van der Waals surface area contributed by atoms with Gasteiger partial charge in [-0.2, -0.15) is 0 Å². The number of rotatable bonds is 3. The number of hydrogen-bond donors (Lipinski definition) is 2. The molecule has 0 aliphatic carbocycles. The molecule has 0 saturated carbocycles. The van der Waals surface area contributed by atoms with Crippen LogP contribution in [0.2, 0.25) is 0 Å². The summed E-state index contributed by atoms with van der Waals surface area (Å²) in [6.07, 6.45) is 1.68. The van der Waals surface area contributed by atoms with Crippen molar-refractivity contribution in [3.05, 3.63) is 51.6 Å². The van der Waals surface area contributed by atoms with E-state index in [1.807, 2.05) is 19.1 Å². The van der Waals surface area contributed by atoms with Gasteiger partial charge in [-0.1, -0.05) is 24.3 Å². The van der Waals surface area contributed by atoms with Gasteiger partial charge < -0.3 is 11.1 Å². The summed E-state index contributed by atoms with van der Waals surface area (Å²) in [6, 6.07) is 8.30. The molecule has 0 unspecified atom stereocenters. The van der Waals surface area contributed by atoms with E-state index >= 15 is 0 Å². The second-order valence-corrected chi connectivity index (χ2v) is 5.07. The average Bonchev–Trinajstić information content (AvgIpc) is 2.37. The van der Waals surface area contributed by atoms with E-state index in [1.165, 1.54) is 11.1 Å². The molecule has 3 nitrogen and oxygen atoms in total. The van der Waals surface area contributed by atoms with E-state index in [1.54, 1.807) is 6.20 Å². The highest BCUT2D eigenvalue weighted by Gasteiger charge is 2.07. The summed E-state index contributed by atoms with van der Waals surface area (Å²) in [5, 5.41) is 3.32. The SMILES string of the molecule is Cc1ccccc1CNc1ncc(N)c(C)c1Br. The van der Waals surface area contributed by atoms with Gasteiger partial charge in [0, 0.05) is 6.54 Å². The van der Waals surface area contributed by atoms with Gasteiger partial charge in [-0.05, 0) is 46.5 Å². The Morgan fingerprint density at radius 3 is 2.72 bits per heavy atom. The molecule has 1 heterocycles. The molecule has 18 heavy (non-hydrogen) atoms. The minimum absolute atomic E-state index is 0.698. The molecule has 3 N–H and O–H groups in total. The van der Waals surface area contributed by atoms with Gasteiger partial charge in [-0.3, -0.25) is 0 Å². The van der Waals surface area contributed by atoms with E-state index in [2.05, 4.69) is 45.3 Å². The number of aryl methyl sites for hydroxylation is 1. The maximum atomic E-state index is 5.80. The molecule has 1 aromatic heterocycles. The van der Waals surface area contributed by atoms with Crippen LogP contribution in [0.3, 0.4) is 0 Å². The standard InChI is InChI=1S/C14H16BrN3/c1-9-5-3-4-6-11(9)7-17-14-13(15)10(2)12(16)8-18-14/h3-6,8H,7,16H2,1-2H3,(H,17,18). The van der Waals surface area contributed by atoms with Gasteiger partial charge in [0.2, 0.25) is 0 Å². The second-order valence-electron chi connectivity index (χ2n) is 4.28. The number of halogens is 1. The maximum absolute atomic E-state index is 5.80. The summed E-state index contributed by atoms with van der Waals surface area (Å²) in [4.78, 5) is 4.30. The Bertz CT molecular complexity index is 567. The van der Waals surface area contributed by atoms with Gasteiger partial charge in [0.05, 0.1) is 16.4 Å². The number of nitrogens with one attached hydrogen (secondary N) is 1. The van der Waals surface area contributed by atoms with Gasteiger partial charge in [0.25, 0.3) is 0 Å². The predicted octanol–water partition coefficient (Wildman–Crippen LogP) is 3.66. The minimum atomic E-state index is 0.698. The summed E-state index contributed by atoms with van der Waals surface area (Å²) < 4.78 is 0.927. The molecule has 0 saturated heterocycles. The van der Waals surface area contributed by atoms with Gasteiger partial charge in [-0.15, -0.1) is 0 Å². The second kappa shape index (κ2) is 5.40.